The molecule has 0 fully saturated rings. The number of ether oxygens (including phenoxy) is 2. The molecule has 0 radical (unpaired) electrons. The first-order valence-electron chi connectivity index (χ1n) is 11.2. The maximum absolute atomic E-state index is 13.8. The summed E-state index contributed by atoms with van der Waals surface area (Å²) in [6.07, 6.45) is 0. The van der Waals surface area contributed by atoms with Gasteiger partial charge in [0.2, 0.25) is 0 Å². The molecule has 0 aliphatic rings. The lowest BCUT2D eigenvalue weighted by Crippen LogP contribution is -2.21. The molecule has 6 heteroatoms. The zero-order chi connectivity index (χ0) is 24.5. The number of carbonyl (C=O) groups excluding carboxylic acids is 1. The Morgan fingerprint density at radius 3 is 2.26 bits per heavy atom. The number of nitrogens with zero attached hydrogens (tertiary/aromatic N) is 1. The Morgan fingerprint density at radius 2 is 1.49 bits per heavy atom. The third kappa shape index (κ3) is 3.79. The third-order valence-electron chi connectivity index (χ3n) is 6.25. The highest BCUT2D eigenvalue weighted by molar-refractivity contribution is 6.09. The number of aromatic nitrogens is 1. The molecule has 35 heavy (non-hydrogen) atoms. The van der Waals surface area contributed by atoms with Crippen molar-refractivity contribution in [3.05, 3.63) is 101 Å². The maximum atomic E-state index is 13.8. The second-order valence-electron chi connectivity index (χ2n) is 8.18. The zero-order valence-electron chi connectivity index (χ0n) is 19.7. The van der Waals surface area contributed by atoms with E-state index in [9.17, 15) is 9.59 Å². The fraction of sp³-hybridized carbons (Fsp3) is 0.103. The molecule has 5 rings (SSSR count). The van der Waals surface area contributed by atoms with Crippen LogP contribution in [-0.2, 0) is 7.05 Å². The molecule has 1 N–H and O–H groups in total. The fourth-order valence-electron chi connectivity index (χ4n) is 4.49. The number of hydrogen-bond donors (Lipinski definition) is 1. The summed E-state index contributed by atoms with van der Waals surface area (Å²) < 4.78 is 12.5. The van der Waals surface area contributed by atoms with E-state index in [4.69, 9.17) is 9.47 Å². The number of amides is 1. The van der Waals surface area contributed by atoms with Crippen LogP contribution >= 0.6 is 0 Å². The number of carbonyl (C=O) groups is 1. The molecule has 0 saturated heterocycles. The summed E-state index contributed by atoms with van der Waals surface area (Å²) in [6, 6.07) is 26.1. The van der Waals surface area contributed by atoms with Crippen molar-refractivity contribution in [2.45, 2.75) is 0 Å². The number of para-hydroxylation sites is 1. The summed E-state index contributed by atoms with van der Waals surface area (Å²) >= 11 is 0. The zero-order valence-corrected chi connectivity index (χ0v) is 19.7. The van der Waals surface area contributed by atoms with Crippen LogP contribution in [0.25, 0.3) is 32.8 Å². The highest BCUT2D eigenvalue weighted by Gasteiger charge is 2.21. The number of anilines is 1. The molecule has 174 valence electrons. The summed E-state index contributed by atoms with van der Waals surface area (Å²) in [6.45, 7) is 0. The number of pyridine rings is 1. The van der Waals surface area contributed by atoms with Gasteiger partial charge in [-0.05, 0) is 46.7 Å². The average molecular weight is 465 g/mol. The van der Waals surface area contributed by atoms with Crippen molar-refractivity contribution in [1.29, 1.82) is 0 Å². The van der Waals surface area contributed by atoms with Crippen molar-refractivity contribution < 1.29 is 14.3 Å². The molecule has 1 amide bonds. The number of rotatable bonds is 5. The predicted molar refractivity (Wildman–Crippen MR) is 140 cm³/mol. The van der Waals surface area contributed by atoms with Crippen molar-refractivity contribution in [3.8, 4) is 22.6 Å². The summed E-state index contributed by atoms with van der Waals surface area (Å²) in [5.41, 5.74) is 2.17. The second-order valence-corrected chi connectivity index (χ2v) is 8.18. The molecular weight excluding hydrogens is 440 g/mol. The van der Waals surface area contributed by atoms with E-state index in [1.54, 1.807) is 25.3 Å². The van der Waals surface area contributed by atoms with E-state index >= 15 is 0 Å². The molecule has 0 bridgehead atoms. The lowest BCUT2D eigenvalue weighted by atomic mass is 9.96. The van der Waals surface area contributed by atoms with Crippen LogP contribution in [0, 0.1) is 0 Å². The van der Waals surface area contributed by atoms with Crippen LogP contribution in [0.1, 0.15) is 10.4 Å². The first-order valence-corrected chi connectivity index (χ1v) is 11.2. The van der Waals surface area contributed by atoms with Crippen molar-refractivity contribution in [1.82, 2.24) is 4.57 Å². The SMILES string of the molecule is COc1ccc(C(=O)Nc2c(-c3cccc4ccccc34)c(=O)c3ccccc3n2C)cc1OC. The van der Waals surface area contributed by atoms with Gasteiger partial charge in [-0.3, -0.25) is 9.59 Å². The molecule has 0 atom stereocenters. The van der Waals surface area contributed by atoms with E-state index in [1.807, 2.05) is 78.3 Å². The Kier molecular flexibility index (Phi) is 5.71. The van der Waals surface area contributed by atoms with Crippen LogP contribution in [0.15, 0.2) is 89.7 Å². The first kappa shape index (κ1) is 22.2. The monoisotopic (exact) mass is 464 g/mol. The van der Waals surface area contributed by atoms with Crippen molar-refractivity contribution in [3.63, 3.8) is 0 Å². The Labute approximate surface area is 202 Å². The summed E-state index contributed by atoms with van der Waals surface area (Å²) in [5, 5.41) is 5.54. The molecule has 0 spiro atoms. The van der Waals surface area contributed by atoms with Crippen LogP contribution in [-0.4, -0.2) is 24.7 Å². The smallest absolute Gasteiger partial charge is 0.256 e. The van der Waals surface area contributed by atoms with Gasteiger partial charge in [0.25, 0.3) is 5.91 Å². The molecule has 5 aromatic rings. The van der Waals surface area contributed by atoms with Crippen LogP contribution in [0.4, 0.5) is 5.82 Å². The Morgan fingerprint density at radius 1 is 0.800 bits per heavy atom. The van der Waals surface area contributed by atoms with Gasteiger partial charge in [0, 0.05) is 18.0 Å². The van der Waals surface area contributed by atoms with E-state index < -0.39 is 0 Å². The molecule has 1 aromatic heterocycles. The van der Waals surface area contributed by atoms with E-state index in [0.717, 1.165) is 21.9 Å². The normalized spacial score (nSPS) is 10.9. The Balaban J connectivity index is 1.74. The Hall–Kier alpha value is -4.58. The van der Waals surface area contributed by atoms with Gasteiger partial charge in [-0.2, -0.15) is 0 Å². The minimum atomic E-state index is -0.363. The number of nitrogens with one attached hydrogen (secondary N) is 1. The molecule has 0 aliphatic carbocycles. The molecule has 0 saturated carbocycles. The number of methoxy groups -OCH3 is 2. The van der Waals surface area contributed by atoms with Gasteiger partial charge < -0.3 is 19.4 Å². The first-order chi connectivity index (χ1) is 17.0. The molecule has 1 heterocycles. The summed E-state index contributed by atoms with van der Waals surface area (Å²) in [4.78, 5) is 27.3. The third-order valence-corrected chi connectivity index (χ3v) is 6.25. The van der Waals surface area contributed by atoms with Crippen LogP contribution in [0.3, 0.4) is 0 Å². The van der Waals surface area contributed by atoms with Crippen LogP contribution in [0.2, 0.25) is 0 Å². The van der Waals surface area contributed by atoms with Gasteiger partial charge >= 0.3 is 0 Å². The largest absolute Gasteiger partial charge is 0.493 e. The predicted octanol–water partition coefficient (Wildman–Crippen LogP) is 5.63. The van der Waals surface area contributed by atoms with Gasteiger partial charge in [0.05, 0.1) is 25.3 Å². The molecule has 6 nitrogen and oxygen atoms in total. The van der Waals surface area contributed by atoms with Crippen LogP contribution in [0.5, 0.6) is 11.5 Å². The standard InChI is InChI=1S/C29H24N2O4/c1-31-23-14-7-6-12-22(23)27(32)26(21-13-8-10-18-9-4-5-11-20(18)21)28(31)30-29(33)19-15-16-24(34-2)25(17-19)35-3/h4-17H,1-3H3,(H,30,33). The van der Waals surface area contributed by atoms with Gasteiger partial charge in [-0.1, -0.05) is 54.6 Å². The van der Waals surface area contributed by atoms with Gasteiger partial charge in [-0.25, -0.2) is 0 Å². The van der Waals surface area contributed by atoms with E-state index in [0.29, 0.717) is 33.8 Å². The summed E-state index contributed by atoms with van der Waals surface area (Å²) in [5.74, 6) is 1.03. The van der Waals surface area contributed by atoms with Crippen molar-refractivity contribution in [2.75, 3.05) is 19.5 Å². The van der Waals surface area contributed by atoms with E-state index in [2.05, 4.69) is 5.32 Å². The topological polar surface area (TPSA) is 69.6 Å². The quantitative estimate of drug-likeness (QED) is 0.366. The molecule has 4 aromatic carbocycles. The number of benzene rings is 4. The molecular formula is C29H24N2O4. The Bertz CT molecular complexity index is 1650. The van der Waals surface area contributed by atoms with Crippen molar-refractivity contribution in [2.24, 2.45) is 7.05 Å². The van der Waals surface area contributed by atoms with E-state index in [1.165, 1.54) is 7.11 Å². The highest BCUT2D eigenvalue weighted by Crippen LogP contribution is 2.34. The number of fused-ring (bicyclic) bond motifs is 2. The maximum Gasteiger partial charge on any atom is 0.256 e. The fourth-order valence-corrected chi connectivity index (χ4v) is 4.49. The van der Waals surface area contributed by atoms with Crippen LogP contribution < -0.4 is 20.2 Å². The van der Waals surface area contributed by atoms with Gasteiger partial charge in [-0.15, -0.1) is 0 Å². The van der Waals surface area contributed by atoms with E-state index in [-0.39, 0.29) is 11.3 Å². The van der Waals surface area contributed by atoms with Crippen molar-refractivity contribution >= 4 is 33.4 Å². The lowest BCUT2D eigenvalue weighted by Gasteiger charge is -2.19. The molecule has 0 unspecified atom stereocenters. The minimum absolute atomic E-state index is 0.141. The highest BCUT2D eigenvalue weighted by atomic mass is 16.5. The van der Waals surface area contributed by atoms with Gasteiger partial charge in [0.1, 0.15) is 5.82 Å². The second kappa shape index (κ2) is 8.99. The summed E-state index contributed by atoms with van der Waals surface area (Å²) in [7, 11) is 4.91. The number of aryl methyl sites for hydroxylation is 1. The average Bonchev–Trinajstić information content (AvgIpc) is 2.91. The lowest BCUT2D eigenvalue weighted by molar-refractivity contribution is 0.102. The minimum Gasteiger partial charge on any atom is -0.493 e. The molecule has 0 aliphatic heterocycles. The number of hydrogen-bond acceptors (Lipinski definition) is 4. The van der Waals surface area contributed by atoms with Gasteiger partial charge in [0.15, 0.2) is 16.9 Å².